The SMILES string of the molecule is C=C(C)C(=O)Oc1cccc(N2C(=O)c3c(Cl)c(Cl)c(Cl)c(Cl)c3C2=O)c1. The van der Waals surface area contributed by atoms with Crippen molar-refractivity contribution >= 4 is 69.9 Å². The van der Waals surface area contributed by atoms with E-state index in [0.29, 0.717) is 0 Å². The molecule has 0 unspecified atom stereocenters. The fourth-order valence-electron chi connectivity index (χ4n) is 2.46. The standard InChI is InChI=1S/C18H9Cl4NO4/c1-7(2)18(26)27-9-5-3-4-8(6-9)23-16(24)10-11(17(23)25)13(20)15(22)14(21)12(10)19/h3-6H,1H2,2H3. The van der Waals surface area contributed by atoms with E-state index in [9.17, 15) is 14.4 Å². The maximum absolute atomic E-state index is 12.8. The van der Waals surface area contributed by atoms with Crippen LogP contribution in [0.4, 0.5) is 5.69 Å². The maximum Gasteiger partial charge on any atom is 0.338 e. The van der Waals surface area contributed by atoms with Crippen LogP contribution in [0.15, 0.2) is 36.4 Å². The summed E-state index contributed by atoms with van der Waals surface area (Å²) in [6.07, 6.45) is 0. The van der Waals surface area contributed by atoms with Crippen LogP contribution in [0.25, 0.3) is 0 Å². The molecule has 1 aliphatic heterocycles. The van der Waals surface area contributed by atoms with Crippen molar-refractivity contribution < 1.29 is 19.1 Å². The largest absolute Gasteiger partial charge is 0.423 e. The quantitative estimate of drug-likeness (QED) is 0.155. The molecule has 2 aromatic carbocycles. The molecule has 1 aliphatic rings. The van der Waals surface area contributed by atoms with Crippen LogP contribution < -0.4 is 9.64 Å². The van der Waals surface area contributed by atoms with Gasteiger partial charge in [-0.25, -0.2) is 9.69 Å². The smallest absolute Gasteiger partial charge is 0.338 e. The summed E-state index contributed by atoms with van der Waals surface area (Å²) >= 11 is 24.2. The number of benzene rings is 2. The van der Waals surface area contributed by atoms with E-state index in [4.69, 9.17) is 51.1 Å². The lowest BCUT2D eigenvalue weighted by molar-refractivity contribution is -0.130. The van der Waals surface area contributed by atoms with E-state index in [2.05, 4.69) is 6.58 Å². The highest BCUT2D eigenvalue weighted by Crippen LogP contribution is 2.45. The minimum absolute atomic E-state index is 0.116. The molecule has 3 rings (SSSR count). The van der Waals surface area contributed by atoms with Gasteiger partial charge in [-0.3, -0.25) is 9.59 Å². The van der Waals surface area contributed by atoms with E-state index in [1.165, 1.54) is 31.2 Å². The van der Waals surface area contributed by atoms with Crippen molar-refractivity contribution in [2.45, 2.75) is 6.92 Å². The van der Waals surface area contributed by atoms with Crippen molar-refractivity contribution in [3.8, 4) is 5.75 Å². The summed E-state index contributed by atoms with van der Waals surface area (Å²) in [6.45, 7) is 4.98. The second-order valence-corrected chi connectivity index (χ2v) is 7.13. The Morgan fingerprint density at radius 3 is 1.96 bits per heavy atom. The third-order valence-corrected chi connectivity index (χ3v) is 5.54. The highest BCUT2D eigenvalue weighted by Gasteiger charge is 2.42. The van der Waals surface area contributed by atoms with E-state index in [0.717, 1.165) is 4.90 Å². The fourth-order valence-corrected chi connectivity index (χ4v) is 3.48. The van der Waals surface area contributed by atoms with E-state index >= 15 is 0 Å². The molecule has 0 fully saturated rings. The molecule has 0 saturated heterocycles. The first-order valence-electron chi connectivity index (χ1n) is 7.37. The molecule has 0 aromatic heterocycles. The number of fused-ring (bicyclic) bond motifs is 1. The molecular formula is C18H9Cl4NO4. The Balaban J connectivity index is 2.08. The van der Waals surface area contributed by atoms with E-state index in [1.807, 2.05) is 0 Å². The molecule has 0 radical (unpaired) electrons. The number of carbonyl (C=O) groups is 3. The van der Waals surface area contributed by atoms with Crippen molar-refractivity contribution in [2.24, 2.45) is 0 Å². The summed E-state index contributed by atoms with van der Waals surface area (Å²) in [5.74, 6) is -1.95. The van der Waals surface area contributed by atoms with Crippen molar-refractivity contribution in [2.75, 3.05) is 4.90 Å². The summed E-state index contributed by atoms with van der Waals surface area (Å²) < 4.78 is 5.13. The van der Waals surface area contributed by atoms with Gasteiger partial charge in [0.2, 0.25) is 0 Å². The summed E-state index contributed by atoms with van der Waals surface area (Å²) in [5, 5.41) is -0.554. The minimum Gasteiger partial charge on any atom is -0.423 e. The van der Waals surface area contributed by atoms with Gasteiger partial charge in [-0.1, -0.05) is 59.0 Å². The number of halogens is 4. The molecule has 0 aliphatic carbocycles. The normalized spacial score (nSPS) is 13.0. The lowest BCUT2D eigenvalue weighted by atomic mass is 10.1. The Hall–Kier alpha value is -2.05. The summed E-state index contributed by atoms with van der Waals surface area (Å²) in [7, 11) is 0. The molecule has 2 aromatic rings. The maximum atomic E-state index is 12.8. The number of esters is 1. The third kappa shape index (κ3) is 3.21. The Bertz CT molecular complexity index is 1000. The summed E-state index contributed by atoms with van der Waals surface area (Å²) in [5.41, 5.74) is 0.0902. The highest BCUT2D eigenvalue weighted by atomic mass is 35.5. The van der Waals surface area contributed by atoms with Crippen molar-refractivity contribution in [3.05, 3.63) is 67.6 Å². The number of hydrogen-bond donors (Lipinski definition) is 0. The first kappa shape index (κ1) is 19.7. The molecule has 0 bridgehead atoms. The second kappa shape index (κ2) is 7.17. The summed E-state index contributed by atoms with van der Waals surface area (Å²) in [6, 6.07) is 5.86. The number of rotatable bonds is 3. The van der Waals surface area contributed by atoms with E-state index in [-0.39, 0.29) is 48.2 Å². The van der Waals surface area contributed by atoms with Crippen LogP contribution in [0.1, 0.15) is 27.6 Å². The average molecular weight is 445 g/mol. The van der Waals surface area contributed by atoms with Gasteiger partial charge in [0.15, 0.2) is 0 Å². The molecule has 1 heterocycles. The van der Waals surface area contributed by atoms with Gasteiger partial charge >= 0.3 is 5.97 Å². The van der Waals surface area contributed by atoms with E-state index < -0.39 is 17.8 Å². The molecule has 0 spiro atoms. The van der Waals surface area contributed by atoms with Crippen LogP contribution in [0.3, 0.4) is 0 Å². The number of anilines is 1. The molecule has 0 saturated carbocycles. The van der Waals surface area contributed by atoms with Crippen LogP contribution in [-0.4, -0.2) is 17.8 Å². The molecule has 9 heteroatoms. The average Bonchev–Trinajstić information content (AvgIpc) is 2.89. The van der Waals surface area contributed by atoms with Crippen LogP contribution in [0.5, 0.6) is 5.75 Å². The molecule has 138 valence electrons. The lowest BCUT2D eigenvalue weighted by Gasteiger charge is -2.15. The Labute approximate surface area is 174 Å². The minimum atomic E-state index is -0.719. The van der Waals surface area contributed by atoms with Crippen LogP contribution in [0.2, 0.25) is 20.1 Å². The van der Waals surface area contributed by atoms with Gasteiger partial charge in [0, 0.05) is 11.6 Å². The number of amides is 2. The van der Waals surface area contributed by atoms with Gasteiger partial charge in [-0.15, -0.1) is 0 Å². The van der Waals surface area contributed by atoms with Gasteiger partial charge < -0.3 is 4.74 Å². The fraction of sp³-hybridized carbons (Fsp3) is 0.0556. The molecule has 5 nitrogen and oxygen atoms in total. The zero-order valence-corrected chi connectivity index (χ0v) is 16.6. The van der Waals surface area contributed by atoms with Gasteiger partial charge in [-0.2, -0.15) is 0 Å². The highest BCUT2D eigenvalue weighted by molar-refractivity contribution is 6.56. The Morgan fingerprint density at radius 1 is 0.963 bits per heavy atom. The summed E-state index contributed by atoms with van der Waals surface area (Å²) in [4.78, 5) is 38.2. The molecule has 0 N–H and O–H groups in total. The Kier molecular flexibility index (Phi) is 5.23. The van der Waals surface area contributed by atoms with Gasteiger partial charge in [-0.05, 0) is 19.1 Å². The molecule has 0 atom stereocenters. The number of hydrogen-bond acceptors (Lipinski definition) is 4. The van der Waals surface area contributed by atoms with Crippen LogP contribution in [-0.2, 0) is 4.79 Å². The van der Waals surface area contributed by atoms with Gasteiger partial charge in [0.05, 0.1) is 36.9 Å². The monoisotopic (exact) mass is 443 g/mol. The van der Waals surface area contributed by atoms with E-state index in [1.54, 1.807) is 0 Å². The topological polar surface area (TPSA) is 63.7 Å². The first-order chi connectivity index (χ1) is 12.6. The number of nitrogens with zero attached hydrogens (tertiary/aromatic N) is 1. The second-order valence-electron chi connectivity index (χ2n) is 5.62. The number of carbonyl (C=O) groups excluding carboxylic acids is 3. The van der Waals surface area contributed by atoms with Crippen molar-refractivity contribution in [3.63, 3.8) is 0 Å². The zero-order chi connectivity index (χ0) is 20.0. The number of ether oxygens (including phenoxy) is 1. The third-order valence-electron chi connectivity index (χ3n) is 3.74. The Morgan fingerprint density at radius 2 is 1.48 bits per heavy atom. The first-order valence-corrected chi connectivity index (χ1v) is 8.88. The zero-order valence-electron chi connectivity index (χ0n) is 13.6. The predicted octanol–water partition coefficient (Wildman–Crippen LogP) is 5.58. The molecule has 2 amide bonds. The van der Waals surface area contributed by atoms with Crippen molar-refractivity contribution in [1.29, 1.82) is 0 Å². The number of imide groups is 1. The predicted molar refractivity (Wildman–Crippen MR) is 105 cm³/mol. The van der Waals surface area contributed by atoms with Gasteiger partial charge in [0.25, 0.3) is 11.8 Å². The van der Waals surface area contributed by atoms with Crippen molar-refractivity contribution in [1.82, 2.24) is 0 Å². The van der Waals surface area contributed by atoms with Crippen LogP contribution in [0, 0.1) is 0 Å². The molecular weight excluding hydrogens is 436 g/mol. The van der Waals surface area contributed by atoms with Gasteiger partial charge in [0.1, 0.15) is 5.75 Å². The van der Waals surface area contributed by atoms with Crippen LogP contribution >= 0.6 is 46.4 Å². The molecule has 27 heavy (non-hydrogen) atoms. The lowest BCUT2D eigenvalue weighted by Crippen LogP contribution is -2.29.